The van der Waals surface area contributed by atoms with E-state index in [4.69, 9.17) is 5.11 Å². The van der Waals surface area contributed by atoms with Gasteiger partial charge in [0.25, 0.3) is 0 Å². The molecule has 0 aliphatic heterocycles. The van der Waals surface area contributed by atoms with E-state index < -0.39 is 5.97 Å². The molecule has 0 saturated carbocycles. The van der Waals surface area contributed by atoms with Crippen molar-refractivity contribution in [2.75, 3.05) is 0 Å². The van der Waals surface area contributed by atoms with Gasteiger partial charge in [-0.15, -0.1) is 0 Å². The summed E-state index contributed by atoms with van der Waals surface area (Å²) in [6, 6.07) is 5.87. The average Bonchev–Trinajstić information content (AvgIpc) is 2.17. The van der Waals surface area contributed by atoms with Crippen LogP contribution in [0.3, 0.4) is 0 Å². The molecule has 4 heteroatoms. The number of nitrogens with zero attached hydrogens (tertiary/aromatic N) is 2. The molecule has 0 fully saturated rings. The van der Waals surface area contributed by atoms with Crippen molar-refractivity contribution in [3.63, 3.8) is 0 Å². The minimum absolute atomic E-state index is 0.0231. The molecule has 4 nitrogen and oxygen atoms in total. The highest BCUT2D eigenvalue weighted by Gasteiger charge is 2.04. The van der Waals surface area contributed by atoms with Gasteiger partial charge in [-0.3, -0.25) is 4.98 Å². The van der Waals surface area contributed by atoms with E-state index in [9.17, 15) is 4.79 Å². The van der Waals surface area contributed by atoms with E-state index in [0.717, 1.165) is 5.39 Å². The van der Waals surface area contributed by atoms with Crippen molar-refractivity contribution in [2.45, 2.75) is 0 Å². The Bertz CT molecular complexity index is 468. The second-order valence-corrected chi connectivity index (χ2v) is 2.49. The zero-order valence-corrected chi connectivity index (χ0v) is 6.56. The van der Waals surface area contributed by atoms with Crippen molar-refractivity contribution in [2.24, 2.45) is 0 Å². The minimum Gasteiger partial charge on any atom is -0.477 e. The van der Waals surface area contributed by atoms with Gasteiger partial charge in [0.1, 0.15) is 5.69 Å². The van der Waals surface area contributed by atoms with Crippen LogP contribution in [-0.2, 0) is 0 Å². The Hall–Kier alpha value is -1.97. The van der Waals surface area contributed by atoms with E-state index in [2.05, 4.69) is 16.0 Å². The van der Waals surface area contributed by atoms with E-state index in [1.165, 1.54) is 12.3 Å². The summed E-state index contributed by atoms with van der Waals surface area (Å²) >= 11 is 0. The summed E-state index contributed by atoms with van der Waals surface area (Å²) in [5.41, 5.74) is 0.546. The molecule has 0 aliphatic rings. The number of hydrogen-bond acceptors (Lipinski definition) is 3. The summed E-state index contributed by atoms with van der Waals surface area (Å²) in [4.78, 5) is 18.3. The molecule has 0 aromatic carbocycles. The van der Waals surface area contributed by atoms with Gasteiger partial charge in [0.05, 0.1) is 5.52 Å². The quantitative estimate of drug-likeness (QED) is 0.702. The fraction of sp³-hybridized carbons (Fsp3) is 0. The van der Waals surface area contributed by atoms with Gasteiger partial charge >= 0.3 is 5.97 Å². The Morgan fingerprint density at radius 2 is 2.31 bits per heavy atom. The number of carboxylic acid groups (broad SMARTS) is 1. The number of aromatic carboxylic acids is 1. The number of rotatable bonds is 1. The number of aromatic nitrogens is 2. The number of carbonyl (C=O) groups is 1. The maximum atomic E-state index is 10.6. The second kappa shape index (κ2) is 2.82. The number of pyridine rings is 2. The molecular formula is C9H5N2O2. The van der Waals surface area contributed by atoms with E-state index in [0.29, 0.717) is 5.52 Å². The van der Waals surface area contributed by atoms with Crippen LogP contribution >= 0.6 is 0 Å². The predicted octanol–water partition coefficient (Wildman–Crippen LogP) is 1.13. The molecule has 1 radical (unpaired) electrons. The maximum Gasteiger partial charge on any atom is 0.354 e. The van der Waals surface area contributed by atoms with Crippen LogP contribution in [0.2, 0.25) is 0 Å². The Labute approximate surface area is 73.9 Å². The first-order valence-electron chi connectivity index (χ1n) is 3.63. The van der Waals surface area contributed by atoms with E-state index in [1.54, 1.807) is 12.3 Å². The van der Waals surface area contributed by atoms with Gasteiger partial charge in [0.2, 0.25) is 0 Å². The number of hydrogen-bond donors (Lipinski definition) is 1. The third-order valence-corrected chi connectivity index (χ3v) is 1.63. The first-order valence-corrected chi connectivity index (χ1v) is 3.63. The Kier molecular flexibility index (Phi) is 1.66. The van der Waals surface area contributed by atoms with Gasteiger partial charge in [0, 0.05) is 23.8 Å². The molecule has 2 aromatic rings. The lowest BCUT2D eigenvalue weighted by Crippen LogP contribution is -1.99. The molecule has 0 amide bonds. The fourth-order valence-electron chi connectivity index (χ4n) is 1.02. The Morgan fingerprint density at radius 3 is 3.08 bits per heavy atom. The van der Waals surface area contributed by atoms with Gasteiger partial charge in [-0.1, -0.05) is 0 Å². The lowest BCUT2D eigenvalue weighted by Gasteiger charge is -1.96. The molecule has 2 rings (SSSR count). The van der Waals surface area contributed by atoms with E-state index in [-0.39, 0.29) is 5.69 Å². The maximum absolute atomic E-state index is 10.6. The molecular weight excluding hydrogens is 168 g/mol. The molecule has 13 heavy (non-hydrogen) atoms. The van der Waals surface area contributed by atoms with Crippen molar-refractivity contribution < 1.29 is 9.90 Å². The van der Waals surface area contributed by atoms with Crippen molar-refractivity contribution >= 4 is 16.9 Å². The topological polar surface area (TPSA) is 63.1 Å². The first-order chi connectivity index (χ1) is 6.27. The zero-order chi connectivity index (χ0) is 9.26. The SMILES string of the molecule is O=C(O)c1ccc2cnc[c]c2n1. The lowest BCUT2D eigenvalue weighted by atomic mass is 10.2. The molecule has 2 aromatic heterocycles. The molecule has 1 N–H and O–H groups in total. The van der Waals surface area contributed by atoms with E-state index in [1.807, 2.05) is 0 Å². The summed E-state index contributed by atoms with van der Waals surface area (Å²) in [7, 11) is 0. The lowest BCUT2D eigenvalue weighted by molar-refractivity contribution is 0.0691. The van der Waals surface area contributed by atoms with Crippen molar-refractivity contribution in [3.8, 4) is 0 Å². The minimum atomic E-state index is -1.04. The largest absolute Gasteiger partial charge is 0.477 e. The summed E-state index contributed by atoms with van der Waals surface area (Å²) < 4.78 is 0. The molecule has 0 aliphatic carbocycles. The highest BCUT2D eigenvalue weighted by molar-refractivity contribution is 5.89. The van der Waals surface area contributed by atoms with Crippen molar-refractivity contribution in [3.05, 3.63) is 36.3 Å². The molecule has 0 spiro atoms. The van der Waals surface area contributed by atoms with Crippen LogP contribution in [0.25, 0.3) is 10.9 Å². The first kappa shape index (κ1) is 7.67. The number of fused-ring (bicyclic) bond motifs is 1. The van der Waals surface area contributed by atoms with Crippen LogP contribution in [0.5, 0.6) is 0 Å². The van der Waals surface area contributed by atoms with Crippen LogP contribution in [0.4, 0.5) is 0 Å². The van der Waals surface area contributed by atoms with Gasteiger partial charge < -0.3 is 5.11 Å². The third kappa shape index (κ3) is 1.33. The Balaban J connectivity index is 2.69. The molecule has 2 heterocycles. The standard InChI is InChI=1S/C9H5N2O2/c12-9(13)8-2-1-6-5-10-4-3-7(6)11-8/h1-2,4-5H,(H,12,13). The van der Waals surface area contributed by atoms with Crippen molar-refractivity contribution in [1.82, 2.24) is 9.97 Å². The zero-order valence-electron chi connectivity index (χ0n) is 6.56. The van der Waals surface area contributed by atoms with Crippen LogP contribution in [0.15, 0.2) is 24.5 Å². The number of carboxylic acids is 1. The molecule has 63 valence electrons. The van der Waals surface area contributed by atoms with Crippen LogP contribution in [0, 0.1) is 6.07 Å². The predicted molar refractivity (Wildman–Crippen MR) is 45.3 cm³/mol. The monoisotopic (exact) mass is 173 g/mol. The van der Waals surface area contributed by atoms with Crippen LogP contribution < -0.4 is 0 Å². The molecule has 0 atom stereocenters. The molecule has 0 bridgehead atoms. The van der Waals surface area contributed by atoms with Gasteiger partial charge in [-0.25, -0.2) is 9.78 Å². The summed E-state index contributed by atoms with van der Waals surface area (Å²) in [5, 5.41) is 9.44. The fourth-order valence-corrected chi connectivity index (χ4v) is 1.02. The van der Waals surface area contributed by atoms with E-state index >= 15 is 0 Å². The van der Waals surface area contributed by atoms with Gasteiger partial charge in [0.15, 0.2) is 0 Å². The highest BCUT2D eigenvalue weighted by atomic mass is 16.4. The average molecular weight is 173 g/mol. The summed E-state index contributed by atoms with van der Waals surface area (Å²) in [6.07, 6.45) is 3.07. The van der Waals surface area contributed by atoms with Gasteiger partial charge in [-0.2, -0.15) is 0 Å². The summed E-state index contributed by atoms with van der Waals surface area (Å²) in [6.45, 7) is 0. The molecule has 0 unspecified atom stereocenters. The molecule has 0 saturated heterocycles. The van der Waals surface area contributed by atoms with Crippen LogP contribution in [-0.4, -0.2) is 21.0 Å². The normalized spacial score (nSPS) is 10.2. The second-order valence-electron chi connectivity index (χ2n) is 2.49. The van der Waals surface area contributed by atoms with Gasteiger partial charge in [-0.05, 0) is 12.1 Å². The highest BCUT2D eigenvalue weighted by Crippen LogP contribution is 2.09. The Morgan fingerprint density at radius 1 is 1.46 bits per heavy atom. The summed E-state index contributed by atoms with van der Waals surface area (Å²) in [5.74, 6) is -1.04. The third-order valence-electron chi connectivity index (χ3n) is 1.63. The smallest absolute Gasteiger partial charge is 0.354 e. The van der Waals surface area contributed by atoms with Crippen LogP contribution in [0.1, 0.15) is 10.5 Å². The van der Waals surface area contributed by atoms with Crippen molar-refractivity contribution in [1.29, 1.82) is 0 Å².